The van der Waals surface area contributed by atoms with Crippen LogP contribution in [0.25, 0.3) is 0 Å². The van der Waals surface area contributed by atoms with Crippen LogP contribution in [0.5, 0.6) is 0 Å². The lowest BCUT2D eigenvalue weighted by Crippen LogP contribution is -2.56. The molecule has 12 nitrogen and oxygen atoms in total. The lowest BCUT2D eigenvalue weighted by atomic mass is 10.1. The molecule has 1 aliphatic heterocycles. The molecule has 0 bridgehead atoms. The summed E-state index contributed by atoms with van der Waals surface area (Å²) in [5, 5.41) is 22.8. The zero-order valence-corrected chi connectivity index (χ0v) is 16.0. The standard InChI is InChI=1S/C17H26N6O6/c1-9(21-14(25)11(18)5-10-6-19-8-20-10)16(27)23-4-2-3-13(23)15(26)22-12(7-24)17(28)29/h6,8-9,11-13,24H,2-5,7,18H2,1H3,(H,19,20)(H,21,25)(H,22,26)(H,28,29). The Morgan fingerprint density at radius 1 is 1.38 bits per heavy atom. The van der Waals surface area contributed by atoms with Crippen molar-refractivity contribution in [1.29, 1.82) is 0 Å². The van der Waals surface area contributed by atoms with Gasteiger partial charge in [0, 0.05) is 24.9 Å². The predicted octanol–water partition coefficient (Wildman–Crippen LogP) is -2.66. The van der Waals surface area contributed by atoms with E-state index in [1.165, 1.54) is 18.2 Å². The zero-order valence-electron chi connectivity index (χ0n) is 16.0. The third kappa shape index (κ3) is 5.74. The largest absolute Gasteiger partial charge is 0.480 e. The molecular formula is C17H26N6O6. The number of hydrogen-bond acceptors (Lipinski definition) is 7. The van der Waals surface area contributed by atoms with E-state index in [1.54, 1.807) is 6.20 Å². The van der Waals surface area contributed by atoms with Crippen LogP contribution in [0, 0.1) is 0 Å². The number of nitrogens with one attached hydrogen (secondary N) is 3. The van der Waals surface area contributed by atoms with Crippen LogP contribution < -0.4 is 16.4 Å². The first-order valence-corrected chi connectivity index (χ1v) is 9.22. The average Bonchev–Trinajstić information content (AvgIpc) is 3.36. The Labute approximate surface area is 166 Å². The number of hydrogen-bond donors (Lipinski definition) is 6. The van der Waals surface area contributed by atoms with Crippen molar-refractivity contribution in [1.82, 2.24) is 25.5 Å². The number of imidazole rings is 1. The van der Waals surface area contributed by atoms with Gasteiger partial charge in [-0.3, -0.25) is 14.4 Å². The fraction of sp³-hybridized carbons (Fsp3) is 0.588. The number of H-pyrrole nitrogens is 1. The number of carboxylic acid groups (broad SMARTS) is 1. The lowest BCUT2D eigenvalue weighted by molar-refractivity contribution is -0.145. The molecule has 7 N–H and O–H groups in total. The monoisotopic (exact) mass is 410 g/mol. The minimum Gasteiger partial charge on any atom is -0.480 e. The number of rotatable bonds is 9. The van der Waals surface area contributed by atoms with Crippen LogP contribution in [-0.4, -0.2) is 86.1 Å². The highest BCUT2D eigenvalue weighted by atomic mass is 16.4. The number of likely N-dealkylation sites (tertiary alicyclic amines) is 1. The molecule has 0 aromatic carbocycles. The molecule has 2 heterocycles. The maximum Gasteiger partial charge on any atom is 0.328 e. The molecule has 4 atom stereocenters. The fourth-order valence-electron chi connectivity index (χ4n) is 3.11. The highest BCUT2D eigenvalue weighted by Gasteiger charge is 2.37. The molecule has 3 amide bonds. The molecule has 160 valence electrons. The summed E-state index contributed by atoms with van der Waals surface area (Å²) < 4.78 is 0. The number of carboxylic acids is 1. The molecule has 29 heavy (non-hydrogen) atoms. The van der Waals surface area contributed by atoms with Crippen LogP contribution in [0.4, 0.5) is 0 Å². The van der Waals surface area contributed by atoms with Crippen molar-refractivity contribution >= 4 is 23.7 Å². The summed E-state index contributed by atoms with van der Waals surface area (Å²) in [4.78, 5) is 56.3. The molecule has 12 heteroatoms. The average molecular weight is 410 g/mol. The molecule has 0 radical (unpaired) electrons. The molecule has 0 spiro atoms. The third-order valence-corrected chi connectivity index (χ3v) is 4.70. The SMILES string of the molecule is CC(NC(=O)C(N)Cc1cnc[nH]1)C(=O)N1CCCC1C(=O)NC(CO)C(=O)O. The highest BCUT2D eigenvalue weighted by molar-refractivity contribution is 5.94. The van der Waals surface area contributed by atoms with Crippen LogP contribution in [0.2, 0.25) is 0 Å². The highest BCUT2D eigenvalue weighted by Crippen LogP contribution is 2.19. The minimum absolute atomic E-state index is 0.221. The number of nitrogens with two attached hydrogens (primary N) is 1. The molecule has 1 aliphatic rings. The van der Waals surface area contributed by atoms with Gasteiger partial charge in [-0.05, 0) is 19.8 Å². The Kier molecular flexibility index (Phi) is 7.67. The number of amides is 3. The van der Waals surface area contributed by atoms with Crippen molar-refractivity contribution in [3.8, 4) is 0 Å². The van der Waals surface area contributed by atoms with Crippen LogP contribution in [0.3, 0.4) is 0 Å². The number of nitrogens with zero attached hydrogens (tertiary/aromatic N) is 2. The molecule has 0 saturated carbocycles. The Balaban J connectivity index is 1.93. The van der Waals surface area contributed by atoms with E-state index in [2.05, 4.69) is 20.6 Å². The molecule has 1 saturated heterocycles. The smallest absolute Gasteiger partial charge is 0.328 e. The van der Waals surface area contributed by atoms with Crippen molar-refractivity contribution in [3.63, 3.8) is 0 Å². The second-order valence-electron chi connectivity index (χ2n) is 6.89. The quantitative estimate of drug-likeness (QED) is 0.254. The van der Waals surface area contributed by atoms with Gasteiger partial charge < -0.3 is 36.5 Å². The number of aliphatic hydroxyl groups excluding tert-OH is 1. The van der Waals surface area contributed by atoms with Gasteiger partial charge in [-0.25, -0.2) is 9.78 Å². The molecular weight excluding hydrogens is 384 g/mol. The first kappa shape index (κ1) is 22.3. The number of aliphatic hydroxyl groups is 1. The third-order valence-electron chi connectivity index (χ3n) is 4.70. The van der Waals surface area contributed by atoms with Crippen molar-refractivity contribution in [2.75, 3.05) is 13.2 Å². The summed E-state index contributed by atoms with van der Waals surface area (Å²) in [7, 11) is 0. The van der Waals surface area contributed by atoms with Crippen LogP contribution in [0.15, 0.2) is 12.5 Å². The fourth-order valence-corrected chi connectivity index (χ4v) is 3.11. The second kappa shape index (κ2) is 9.98. The molecule has 0 aliphatic carbocycles. The van der Waals surface area contributed by atoms with E-state index < -0.39 is 54.5 Å². The van der Waals surface area contributed by atoms with Crippen LogP contribution in [-0.2, 0) is 25.6 Å². The van der Waals surface area contributed by atoms with Gasteiger partial charge in [-0.2, -0.15) is 0 Å². The topological polar surface area (TPSA) is 191 Å². The van der Waals surface area contributed by atoms with E-state index in [-0.39, 0.29) is 6.42 Å². The van der Waals surface area contributed by atoms with E-state index in [1.807, 2.05) is 0 Å². The first-order chi connectivity index (χ1) is 13.7. The van der Waals surface area contributed by atoms with Gasteiger partial charge in [0.05, 0.1) is 19.0 Å². The van der Waals surface area contributed by atoms with Crippen LogP contribution >= 0.6 is 0 Å². The van der Waals surface area contributed by atoms with Gasteiger partial charge in [0.25, 0.3) is 0 Å². The summed E-state index contributed by atoms with van der Waals surface area (Å²) >= 11 is 0. The number of carbonyl (C=O) groups is 4. The van der Waals surface area contributed by atoms with Crippen molar-refractivity contribution in [3.05, 3.63) is 18.2 Å². The molecule has 1 aromatic rings. The Morgan fingerprint density at radius 2 is 2.10 bits per heavy atom. The summed E-state index contributed by atoms with van der Waals surface area (Å²) in [6, 6.07) is -4.12. The summed E-state index contributed by atoms with van der Waals surface area (Å²) in [6.45, 7) is 1.03. The van der Waals surface area contributed by atoms with E-state index >= 15 is 0 Å². The normalized spacial score (nSPS) is 19.3. The number of aromatic nitrogens is 2. The summed E-state index contributed by atoms with van der Waals surface area (Å²) in [5.74, 6) is -3.03. The van der Waals surface area contributed by atoms with Crippen LogP contribution in [0.1, 0.15) is 25.5 Å². The van der Waals surface area contributed by atoms with Gasteiger partial charge in [0.15, 0.2) is 0 Å². The van der Waals surface area contributed by atoms with E-state index in [4.69, 9.17) is 15.9 Å². The minimum atomic E-state index is -1.45. The number of carbonyl (C=O) groups excluding carboxylic acids is 3. The molecule has 2 rings (SSSR count). The van der Waals surface area contributed by atoms with Gasteiger partial charge in [-0.15, -0.1) is 0 Å². The summed E-state index contributed by atoms with van der Waals surface area (Å²) in [5.41, 5.74) is 6.54. The van der Waals surface area contributed by atoms with E-state index in [9.17, 15) is 19.2 Å². The number of aliphatic carboxylic acids is 1. The first-order valence-electron chi connectivity index (χ1n) is 9.22. The Bertz CT molecular complexity index is 739. The number of aromatic amines is 1. The van der Waals surface area contributed by atoms with Gasteiger partial charge in [-0.1, -0.05) is 0 Å². The zero-order chi connectivity index (χ0) is 21.6. The van der Waals surface area contributed by atoms with Gasteiger partial charge in [0.1, 0.15) is 18.1 Å². The molecule has 1 fully saturated rings. The predicted molar refractivity (Wildman–Crippen MR) is 99.3 cm³/mol. The van der Waals surface area contributed by atoms with Crippen molar-refractivity contribution < 1.29 is 29.4 Å². The second-order valence-corrected chi connectivity index (χ2v) is 6.89. The Morgan fingerprint density at radius 3 is 2.69 bits per heavy atom. The van der Waals surface area contributed by atoms with Gasteiger partial charge >= 0.3 is 5.97 Å². The van der Waals surface area contributed by atoms with Crippen molar-refractivity contribution in [2.45, 2.75) is 50.4 Å². The Hall–Kier alpha value is -2.99. The van der Waals surface area contributed by atoms with E-state index in [0.717, 1.165) is 0 Å². The van der Waals surface area contributed by atoms with Gasteiger partial charge in [0.2, 0.25) is 17.7 Å². The summed E-state index contributed by atoms with van der Waals surface area (Å²) in [6.07, 6.45) is 4.15. The lowest BCUT2D eigenvalue weighted by Gasteiger charge is -2.28. The molecule has 4 unspecified atom stereocenters. The molecule has 1 aromatic heterocycles. The van der Waals surface area contributed by atoms with E-state index in [0.29, 0.717) is 25.1 Å². The van der Waals surface area contributed by atoms with Crippen molar-refractivity contribution in [2.24, 2.45) is 5.73 Å². The maximum atomic E-state index is 12.7. The maximum absolute atomic E-state index is 12.7.